The minimum absolute atomic E-state index is 0.508. The minimum atomic E-state index is 0.508. The van der Waals surface area contributed by atoms with Gasteiger partial charge in [-0.1, -0.05) is 30.3 Å². The lowest BCUT2D eigenvalue weighted by molar-refractivity contribution is 0.545. The van der Waals surface area contributed by atoms with Crippen molar-refractivity contribution >= 4 is 0 Å². The van der Waals surface area contributed by atoms with Gasteiger partial charge in [0, 0.05) is 18.2 Å². The van der Waals surface area contributed by atoms with Crippen molar-refractivity contribution in [2.45, 2.75) is 31.2 Å². The molecule has 1 saturated carbocycles. The fourth-order valence-corrected chi connectivity index (χ4v) is 3.88. The van der Waals surface area contributed by atoms with E-state index in [1.807, 2.05) is 12.3 Å². The highest BCUT2D eigenvalue weighted by Crippen LogP contribution is 2.61. The van der Waals surface area contributed by atoms with Crippen LogP contribution in [-0.2, 0) is 18.4 Å². The largest absolute Gasteiger partial charge is 0.311 e. The third-order valence-corrected chi connectivity index (χ3v) is 5.05. The molecule has 0 bridgehead atoms. The number of aryl methyl sites for hydroxylation is 1. The second-order valence-corrected chi connectivity index (χ2v) is 6.17. The van der Waals surface area contributed by atoms with Crippen molar-refractivity contribution in [2.75, 3.05) is 6.54 Å². The molecule has 1 heterocycles. The molecule has 102 valence electrons. The molecule has 0 unspecified atom stereocenters. The monoisotopic (exact) mass is 264 g/mol. The Labute approximate surface area is 120 Å². The quantitative estimate of drug-likeness (QED) is 0.918. The number of pyridine rings is 1. The van der Waals surface area contributed by atoms with Crippen LogP contribution in [0.25, 0.3) is 0 Å². The molecule has 4 rings (SSSR count). The summed E-state index contributed by atoms with van der Waals surface area (Å²) in [5.41, 5.74) is 4.85. The average molecular weight is 264 g/mol. The lowest BCUT2D eigenvalue weighted by Crippen LogP contribution is -2.20. The van der Waals surface area contributed by atoms with Crippen LogP contribution in [0, 0.1) is 5.92 Å². The third-order valence-electron chi connectivity index (χ3n) is 5.05. The van der Waals surface area contributed by atoms with Crippen LogP contribution in [0.3, 0.4) is 0 Å². The van der Waals surface area contributed by atoms with E-state index in [9.17, 15) is 0 Å². The Balaban J connectivity index is 1.37. The number of hydrogen-bond donors (Lipinski definition) is 1. The Kier molecular flexibility index (Phi) is 2.85. The first-order valence-corrected chi connectivity index (χ1v) is 7.57. The number of fused-ring (bicyclic) bond motifs is 2. The Morgan fingerprint density at radius 2 is 2.05 bits per heavy atom. The summed E-state index contributed by atoms with van der Waals surface area (Å²) in [5.74, 6) is 0.815. The van der Waals surface area contributed by atoms with Gasteiger partial charge in [-0.2, -0.15) is 0 Å². The number of rotatable bonds is 4. The topological polar surface area (TPSA) is 24.9 Å². The molecule has 0 aliphatic heterocycles. The summed E-state index contributed by atoms with van der Waals surface area (Å²) in [6, 6.07) is 15.1. The van der Waals surface area contributed by atoms with Crippen molar-refractivity contribution in [1.82, 2.24) is 10.3 Å². The second kappa shape index (κ2) is 4.71. The van der Waals surface area contributed by atoms with Gasteiger partial charge >= 0.3 is 0 Å². The fraction of sp³-hybridized carbons (Fsp3) is 0.389. The highest BCUT2D eigenvalue weighted by atomic mass is 14.9. The molecule has 0 saturated heterocycles. The van der Waals surface area contributed by atoms with Gasteiger partial charge in [-0.15, -0.1) is 0 Å². The van der Waals surface area contributed by atoms with Crippen molar-refractivity contribution in [3.8, 4) is 0 Å². The first-order valence-electron chi connectivity index (χ1n) is 7.57. The van der Waals surface area contributed by atoms with Gasteiger partial charge in [0.15, 0.2) is 0 Å². The molecule has 1 aromatic heterocycles. The van der Waals surface area contributed by atoms with Crippen molar-refractivity contribution in [3.63, 3.8) is 0 Å². The molecule has 2 aliphatic carbocycles. The van der Waals surface area contributed by atoms with E-state index in [4.69, 9.17) is 0 Å². The summed E-state index contributed by atoms with van der Waals surface area (Å²) in [5, 5.41) is 3.58. The van der Waals surface area contributed by atoms with E-state index >= 15 is 0 Å². The van der Waals surface area contributed by atoms with Crippen LogP contribution in [-0.4, -0.2) is 11.5 Å². The molecule has 1 N–H and O–H groups in total. The predicted molar refractivity (Wildman–Crippen MR) is 80.5 cm³/mol. The maximum Gasteiger partial charge on any atom is 0.0541 e. The predicted octanol–water partition coefficient (Wildman–Crippen LogP) is 3.08. The van der Waals surface area contributed by atoms with Gasteiger partial charge in [0.05, 0.1) is 5.69 Å². The summed E-state index contributed by atoms with van der Waals surface area (Å²) >= 11 is 0. The number of nitrogens with one attached hydrogen (secondary N) is 1. The summed E-state index contributed by atoms with van der Waals surface area (Å²) < 4.78 is 0. The van der Waals surface area contributed by atoms with E-state index in [1.54, 1.807) is 11.1 Å². The summed E-state index contributed by atoms with van der Waals surface area (Å²) in [7, 11) is 0. The van der Waals surface area contributed by atoms with Gasteiger partial charge in [0.2, 0.25) is 0 Å². The molecule has 0 radical (unpaired) electrons. The Bertz CT molecular complexity index is 608. The molecular weight excluding hydrogens is 244 g/mol. The molecule has 1 spiro atoms. The Morgan fingerprint density at radius 3 is 2.95 bits per heavy atom. The van der Waals surface area contributed by atoms with Gasteiger partial charge in [-0.25, -0.2) is 0 Å². The van der Waals surface area contributed by atoms with E-state index in [-0.39, 0.29) is 0 Å². The zero-order chi connectivity index (χ0) is 13.4. The molecule has 2 aliphatic rings. The van der Waals surface area contributed by atoms with E-state index in [1.165, 1.54) is 19.3 Å². The molecule has 2 nitrogen and oxygen atoms in total. The Hall–Kier alpha value is -1.67. The van der Waals surface area contributed by atoms with Gasteiger partial charge in [0.25, 0.3) is 0 Å². The van der Waals surface area contributed by atoms with E-state index in [2.05, 4.69) is 46.7 Å². The molecule has 1 aromatic carbocycles. The smallest absolute Gasteiger partial charge is 0.0541 e. The minimum Gasteiger partial charge on any atom is -0.311 e. The summed E-state index contributed by atoms with van der Waals surface area (Å²) in [4.78, 5) is 4.36. The highest BCUT2D eigenvalue weighted by molar-refractivity contribution is 5.45. The average Bonchev–Trinajstić information content (AvgIpc) is 3.08. The first kappa shape index (κ1) is 12.1. The molecular formula is C18H20N2. The highest BCUT2D eigenvalue weighted by Gasteiger charge is 2.57. The van der Waals surface area contributed by atoms with E-state index in [0.717, 1.165) is 24.7 Å². The SMILES string of the molecule is c1ccc(CNC[C@H]2C[C@]23CCc2ccccc23)nc1. The van der Waals surface area contributed by atoms with Gasteiger partial charge in [0.1, 0.15) is 0 Å². The maximum atomic E-state index is 4.36. The maximum absolute atomic E-state index is 4.36. The number of hydrogen-bond acceptors (Lipinski definition) is 2. The van der Waals surface area contributed by atoms with Crippen LogP contribution < -0.4 is 5.32 Å². The van der Waals surface area contributed by atoms with Crippen LogP contribution in [0.1, 0.15) is 29.7 Å². The van der Waals surface area contributed by atoms with Gasteiger partial charge in [-0.05, 0) is 55.0 Å². The number of benzene rings is 1. The number of aromatic nitrogens is 1. The molecule has 2 aromatic rings. The Morgan fingerprint density at radius 1 is 1.15 bits per heavy atom. The normalized spacial score (nSPS) is 26.7. The fourth-order valence-electron chi connectivity index (χ4n) is 3.88. The van der Waals surface area contributed by atoms with E-state index in [0.29, 0.717) is 5.41 Å². The molecule has 0 amide bonds. The molecule has 2 heteroatoms. The van der Waals surface area contributed by atoms with Crippen molar-refractivity contribution in [3.05, 3.63) is 65.5 Å². The zero-order valence-electron chi connectivity index (χ0n) is 11.7. The van der Waals surface area contributed by atoms with Crippen LogP contribution >= 0.6 is 0 Å². The number of nitrogens with zero attached hydrogens (tertiary/aromatic N) is 1. The van der Waals surface area contributed by atoms with Crippen LogP contribution in [0.15, 0.2) is 48.7 Å². The van der Waals surface area contributed by atoms with Gasteiger partial charge < -0.3 is 5.32 Å². The zero-order valence-corrected chi connectivity index (χ0v) is 11.7. The van der Waals surface area contributed by atoms with Gasteiger partial charge in [-0.3, -0.25) is 4.98 Å². The van der Waals surface area contributed by atoms with Crippen LogP contribution in [0.4, 0.5) is 0 Å². The van der Waals surface area contributed by atoms with Crippen molar-refractivity contribution < 1.29 is 0 Å². The van der Waals surface area contributed by atoms with Crippen molar-refractivity contribution in [1.29, 1.82) is 0 Å². The first-order chi connectivity index (χ1) is 9.88. The summed E-state index contributed by atoms with van der Waals surface area (Å²) in [6.45, 7) is 2.00. The lowest BCUT2D eigenvalue weighted by atomic mass is 9.95. The third kappa shape index (κ3) is 1.95. The second-order valence-electron chi connectivity index (χ2n) is 6.17. The standard InChI is InChI=1S/C18H20N2/c1-2-7-17-14(5-1)8-9-18(17)11-15(18)12-19-13-16-6-3-4-10-20-16/h1-7,10,15,19H,8-9,11-13H2/t15-,18-/m1/s1. The van der Waals surface area contributed by atoms with Crippen molar-refractivity contribution in [2.24, 2.45) is 5.92 Å². The summed E-state index contributed by atoms with van der Waals surface area (Å²) in [6.07, 6.45) is 5.84. The molecule has 20 heavy (non-hydrogen) atoms. The van der Waals surface area contributed by atoms with Crippen LogP contribution in [0.5, 0.6) is 0 Å². The lowest BCUT2D eigenvalue weighted by Gasteiger charge is -2.12. The van der Waals surface area contributed by atoms with Crippen LogP contribution in [0.2, 0.25) is 0 Å². The molecule has 1 fully saturated rings. The van der Waals surface area contributed by atoms with E-state index < -0.39 is 0 Å². The molecule has 2 atom stereocenters.